The van der Waals surface area contributed by atoms with E-state index in [1.807, 2.05) is 0 Å². The first-order chi connectivity index (χ1) is 7.42. The fourth-order valence-electron chi connectivity index (χ4n) is 1.37. The van der Waals surface area contributed by atoms with Gasteiger partial charge in [-0.25, -0.2) is 0 Å². The molecule has 0 spiro atoms. The van der Waals surface area contributed by atoms with Gasteiger partial charge in [0.1, 0.15) is 5.76 Å². The standard InChI is InChI=1S/C10H15F3N2O/c1-15(4-3-10(11,12)13)7-8-2-5-16-9(8)6-14/h2,5H,3-4,6-7,14H2,1H3. The molecule has 1 rings (SSSR count). The molecule has 0 atom stereocenters. The fraction of sp³-hybridized carbons (Fsp3) is 0.600. The average molecular weight is 236 g/mol. The number of rotatable bonds is 5. The summed E-state index contributed by atoms with van der Waals surface area (Å²) < 4.78 is 41.0. The van der Waals surface area contributed by atoms with E-state index in [9.17, 15) is 13.2 Å². The van der Waals surface area contributed by atoms with E-state index < -0.39 is 12.6 Å². The SMILES string of the molecule is CN(CCC(F)(F)F)Cc1ccoc1CN. The highest BCUT2D eigenvalue weighted by Crippen LogP contribution is 2.20. The van der Waals surface area contributed by atoms with Crippen LogP contribution in [0.1, 0.15) is 17.7 Å². The summed E-state index contributed by atoms with van der Waals surface area (Å²) in [5.41, 5.74) is 6.26. The van der Waals surface area contributed by atoms with Crippen LogP contribution in [0.3, 0.4) is 0 Å². The number of hydrogen-bond acceptors (Lipinski definition) is 3. The number of alkyl halides is 3. The number of furan rings is 1. The van der Waals surface area contributed by atoms with Gasteiger partial charge in [-0.15, -0.1) is 0 Å². The summed E-state index contributed by atoms with van der Waals surface area (Å²) in [6.45, 7) is 0.646. The second kappa shape index (κ2) is 5.36. The Labute approximate surface area is 92.0 Å². The van der Waals surface area contributed by atoms with E-state index in [4.69, 9.17) is 10.2 Å². The highest BCUT2D eigenvalue weighted by atomic mass is 19.4. The van der Waals surface area contributed by atoms with Gasteiger partial charge in [-0.1, -0.05) is 0 Å². The molecule has 0 radical (unpaired) electrons. The first-order valence-corrected chi connectivity index (χ1v) is 4.93. The maximum absolute atomic E-state index is 12.0. The van der Waals surface area contributed by atoms with Crippen molar-refractivity contribution >= 4 is 0 Å². The molecule has 1 aromatic rings. The smallest absolute Gasteiger partial charge is 0.390 e. The molecule has 0 saturated carbocycles. The van der Waals surface area contributed by atoms with Crippen LogP contribution in [0.25, 0.3) is 0 Å². The van der Waals surface area contributed by atoms with Crippen LogP contribution in [0.2, 0.25) is 0 Å². The molecule has 0 saturated heterocycles. The Hall–Kier alpha value is -1.01. The van der Waals surface area contributed by atoms with Crippen LogP contribution in [0, 0.1) is 0 Å². The van der Waals surface area contributed by atoms with Crippen LogP contribution in [-0.4, -0.2) is 24.7 Å². The van der Waals surface area contributed by atoms with Crippen LogP contribution < -0.4 is 5.73 Å². The van der Waals surface area contributed by atoms with Crippen LogP contribution in [-0.2, 0) is 13.1 Å². The fourth-order valence-corrected chi connectivity index (χ4v) is 1.37. The van der Waals surface area contributed by atoms with Gasteiger partial charge in [0.15, 0.2) is 0 Å². The molecule has 0 aliphatic rings. The molecule has 3 nitrogen and oxygen atoms in total. The third kappa shape index (κ3) is 4.24. The third-order valence-electron chi connectivity index (χ3n) is 2.24. The normalized spacial score (nSPS) is 12.4. The Morgan fingerprint density at radius 2 is 2.12 bits per heavy atom. The van der Waals surface area contributed by atoms with Gasteiger partial charge < -0.3 is 15.1 Å². The quantitative estimate of drug-likeness (QED) is 0.851. The minimum atomic E-state index is -4.11. The molecule has 0 bridgehead atoms. The highest BCUT2D eigenvalue weighted by Gasteiger charge is 2.27. The Morgan fingerprint density at radius 1 is 1.44 bits per heavy atom. The molecular weight excluding hydrogens is 221 g/mol. The van der Waals surface area contributed by atoms with Crippen molar-refractivity contribution in [2.75, 3.05) is 13.6 Å². The zero-order valence-electron chi connectivity index (χ0n) is 9.05. The first-order valence-electron chi connectivity index (χ1n) is 4.93. The van der Waals surface area contributed by atoms with E-state index >= 15 is 0 Å². The molecule has 1 aromatic heterocycles. The minimum Gasteiger partial charge on any atom is -0.468 e. The van der Waals surface area contributed by atoms with Gasteiger partial charge in [0.2, 0.25) is 0 Å². The molecule has 0 aliphatic carbocycles. The van der Waals surface area contributed by atoms with E-state index in [1.165, 1.54) is 6.26 Å². The summed E-state index contributed by atoms with van der Waals surface area (Å²) in [5, 5.41) is 0. The van der Waals surface area contributed by atoms with Gasteiger partial charge in [-0.2, -0.15) is 13.2 Å². The molecule has 0 aliphatic heterocycles. The minimum absolute atomic E-state index is 0.0291. The van der Waals surface area contributed by atoms with Crippen molar-refractivity contribution in [3.63, 3.8) is 0 Å². The molecule has 92 valence electrons. The van der Waals surface area contributed by atoms with Crippen molar-refractivity contribution < 1.29 is 17.6 Å². The maximum Gasteiger partial charge on any atom is 0.390 e. The number of hydrogen-bond donors (Lipinski definition) is 1. The van der Waals surface area contributed by atoms with Crippen molar-refractivity contribution in [1.29, 1.82) is 0 Å². The number of halogens is 3. The lowest BCUT2D eigenvalue weighted by Crippen LogP contribution is -2.24. The number of nitrogens with two attached hydrogens (primary N) is 1. The van der Waals surface area contributed by atoms with Gasteiger partial charge in [0.05, 0.1) is 19.2 Å². The van der Waals surface area contributed by atoms with E-state index in [-0.39, 0.29) is 13.1 Å². The van der Waals surface area contributed by atoms with E-state index in [1.54, 1.807) is 18.0 Å². The van der Waals surface area contributed by atoms with Crippen molar-refractivity contribution in [3.05, 3.63) is 23.7 Å². The Morgan fingerprint density at radius 3 is 2.69 bits per heavy atom. The van der Waals surface area contributed by atoms with E-state index in [0.29, 0.717) is 12.3 Å². The van der Waals surface area contributed by atoms with E-state index in [2.05, 4.69) is 0 Å². The maximum atomic E-state index is 12.0. The lowest BCUT2D eigenvalue weighted by molar-refractivity contribution is -0.137. The predicted octanol–water partition coefficient (Wildman–Crippen LogP) is 2.12. The van der Waals surface area contributed by atoms with Gasteiger partial charge in [-0.05, 0) is 13.1 Å². The molecule has 0 fully saturated rings. The molecule has 0 unspecified atom stereocenters. The molecule has 0 aromatic carbocycles. The van der Waals surface area contributed by atoms with Crippen LogP contribution in [0.5, 0.6) is 0 Å². The average Bonchev–Trinajstić information content (AvgIpc) is 2.61. The highest BCUT2D eigenvalue weighted by molar-refractivity contribution is 5.16. The van der Waals surface area contributed by atoms with Gasteiger partial charge in [0, 0.05) is 18.7 Å². The molecule has 2 N–H and O–H groups in total. The molecule has 0 amide bonds. The van der Waals surface area contributed by atoms with Crippen LogP contribution >= 0.6 is 0 Å². The van der Waals surface area contributed by atoms with Crippen molar-refractivity contribution in [2.24, 2.45) is 5.73 Å². The Kier molecular flexibility index (Phi) is 4.37. The van der Waals surface area contributed by atoms with Crippen molar-refractivity contribution in [1.82, 2.24) is 4.90 Å². The van der Waals surface area contributed by atoms with Gasteiger partial charge >= 0.3 is 6.18 Å². The summed E-state index contributed by atoms with van der Waals surface area (Å²) in [6.07, 6.45) is -3.42. The third-order valence-corrected chi connectivity index (χ3v) is 2.24. The topological polar surface area (TPSA) is 42.4 Å². The first kappa shape index (κ1) is 13.1. The molecular formula is C10H15F3N2O. The zero-order chi connectivity index (χ0) is 12.2. The van der Waals surface area contributed by atoms with Crippen LogP contribution in [0.4, 0.5) is 13.2 Å². The van der Waals surface area contributed by atoms with Gasteiger partial charge in [0.25, 0.3) is 0 Å². The summed E-state index contributed by atoms with van der Waals surface area (Å²) in [7, 11) is 1.64. The Bertz CT molecular complexity index is 322. The molecule has 16 heavy (non-hydrogen) atoms. The second-order valence-corrected chi connectivity index (χ2v) is 3.68. The second-order valence-electron chi connectivity index (χ2n) is 3.68. The van der Waals surface area contributed by atoms with E-state index in [0.717, 1.165) is 5.56 Å². The van der Waals surface area contributed by atoms with Crippen LogP contribution in [0.15, 0.2) is 16.7 Å². The molecule has 1 heterocycles. The Balaban J connectivity index is 2.42. The summed E-state index contributed by atoms with van der Waals surface area (Å²) in [4.78, 5) is 1.59. The lowest BCUT2D eigenvalue weighted by atomic mass is 10.2. The van der Waals surface area contributed by atoms with Crippen molar-refractivity contribution in [2.45, 2.75) is 25.7 Å². The summed E-state index contributed by atoms with van der Waals surface area (Å²) in [6, 6.07) is 1.73. The largest absolute Gasteiger partial charge is 0.468 e. The predicted molar refractivity (Wildman–Crippen MR) is 53.6 cm³/mol. The monoisotopic (exact) mass is 236 g/mol. The lowest BCUT2D eigenvalue weighted by Gasteiger charge is -2.17. The summed E-state index contributed by atoms with van der Waals surface area (Å²) in [5.74, 6) is 0.624. The summed E-state index contributed by atoms with van der Waals surface area (Å²) >= 11 is 0. The van der Waals surface area contributed by atoms with Gasteiger partial charge in [-0.3, -0.25) is 0 Å². The zero-order valence-corrected chi connectivity index (χ0v) is 9.05. The molecule has 6 heteroatoms. The van der Waals surface area contributed by atoms with Crippen molar-refractivity contribution in [3.8, 4) is 0 Å². The number of nitrogens with zero attached hydrogens (tertiary/aromatic N) is 1.